The van der Waals surface area contributed by atoms with Gasteiger partial charge in [-0.1, -0.05) is 124 Å². The second kappa shape index (κ2) is 12.5. The minimum atomic E-state index is -2.81. The Hall–Kier alpha value is -2.90. The maximum absolute atomic E-state index is 14.2. The molecule has 0 bridgehead atoms. The normalized spacial score (nSPS) is 12.1. The first kappa shape index (κ1) is 25.7. The number of hydrogen-bond donors (Lipinski definition) is 0. The van der Waals surface area contributed by atoms with Crippen molar-refractivity contribution >= 4 is 39.8 Å². The first-order chi connectivity index (χ1) is 16.6. The van der Waals surface area contributed by atoms with Crippen LogP contribution < -0.4 is 15.9 Å². The summed E-state index contributed by atoms with van der Waals surface area (Å²) in [6, 6.07) is 30.0. The molecule has 3 nitrogen and oxygen atoms in total. The Labute approximate surface area is 204 Å². The number of Topliss-reactive ketones (excluding diaryl/α,β-unsaturated/α-hetero) is 1. The van der Waals surface area contributed by atoms with Crippen molar-refractivity contribution < 1.29 is 14.3 Å². The number of hydrogen-bond acceptors (Lipinski definition) is 3. The van der Waals surface area contributed by atoms with Crippen LogP contribution in [0.1, 0.15) is 46.5 Å². The fourth-order valence-corrected chi connectivity index (χ4v) is 8.87. The van der Waals surface area contributed by atoms with Crippen molar-refractivity contribution in [3.05, 3.63) is 91.0 Å². The molecule has 0 aliphatic heterocycles. The molecule has 0 saturated carbocycles. The number of ketones is 1. The Morgan fingerprint density at radius 3 is 1.56 bits per heavy atom. The molecular formula is C30H35O3P. The highest BCUT2D eigenvalue weighted by molar-refractivity contribution is 7.97. The molecule has 4 heteroatoms. The van der Waals surface area contributed by atoms with Gasteiger partial charge in [0.2, 0.25) is 0 Å². The molecule has 0 amide bonds. The van der Waals surface area contributed by atoms with Crippen LogP contribution in [0.3, 0.4) is 0 Å². The predicted octanol–water partition coefficient (Wildman–Crippen LogP) is 5.50. The maximum Gasteiger partial charge on any atom is 0.342 e. The number of benzene rings is 3. The lowest BCUT2D eigenvalue weighted by Crippen LogP contribution is -2.40. The minimum Gasteiger partial charge on any atom is -0.462 e. The quantitative estimate of drug-likeness (QED) is 0.160. The molecule has 0 N–H and O–H groups in total. The maximum atomic E-state index is 14.2. The summed E-state index contributed by atoms with van der Waals surface area (Å²) in [5.41, 5.74) is 0. The van der Waals surface area contributed by atoms with Crippen LogP contribution in [0.25, 0.3) is 0 Å². The van der Waals surface area contributed by atoms with E-state index in [1.807, 2.05) is 97.9 Å². The van der Waals surface area contributed by atoms with Crippen LogP contribution in [0.4, 0.5) is 0 Å². The van der Waals surface area contributed by atoms with Gasteiger partial charge in [-0.25, -0.2) is 4.79 Å². The second-order valence-corrected chi connectivity index (χ2v) is 11.8. The van der Waals surface area contributed by atoms with Gasteiger partial charge in [-0.3, -0.25) is 4.79 Å². The molecule has 0 aromatic heterocycles. The molecule has 0 spiro atoms. The predicted molar refractivity (Wildman–Crippen MR) is 145 cm³/mol. The van der Waals surface area contributed by atoms with E-state index in [9.17, 15) is 9.59 Å². The Morgan fingerprint density at radius 2 is 1.18 bits per heavy atom. The monoisotopic (exact) mass is 474 g/mol. The summed E-state index contributed by atoms with van der Waals surface area (Å²) in [5.74, 6) is -0.861. The zero-order valence-electron chi connectivity index (χ0n) is 20.4. The van der Waals surface area contributed by atoms with Gasteiger partial charge in [-0.15, -0.1) is 0 Å². The summed E-state index contributed by atoms with van der Waals surface area (Å²) < 4.78 is 5.60. The third-order valence-corrected chi connectivity index (χ3v) is 10.4. The molecule has 0 aliphatic carbocycles. The highest BCUT2D eigenvalue weighted by Gasteiger charge is 2.38. The molecule has 0 heterocycles. The van der Waals surface area contributed by atoms with E-state index in [2.05, 4.69) is 6.92 Å². The molecule has 1 unspecified atom stereocenters. The smallest absolute Gasteiger partial charge is 0.342 e. The van der Waals surface area contributed by atoms with Crippen LogP contribution >= 0.6 is 6.89 Å². The molecule has 0 saturated heterocycles. The van der Waals surface area contributed by atoms with E-state index >= 15 is 0 Å². The molecule has 178 valence electrons. The van der Waals surface area contributed by atoms with Crippen LogP contribution in [0.5, 0.6) is 0 Å². The van der Waals surface area contributed by atoms with Crippen LogP contribution in [-0.2, 0) is 14.3 Å². The van der Waals surface area contributed by atoms with Gasteiger partial charge >= 0.3 is 5.97 Å². The molecule has 0 radical (unpaired) electrons. The van der Waals surface area contributed by atoms with Crippen LogP contribution in [0, 0.1) is 5.92 Å². The van der Waals surface area contributed by atoms with Crippen molar-refractivity contribution in [2.45, 2.75) is 46.5 Å². The highest BCUT2D eigenvalue weighted by Crippen LogP contribution is 2.47. The largest absolute Gasteiger partial charge is 0.462 e. The van der Waals surface area contributed by atoms with E-state index in [1.54, 1.807) is 6.92 Å². The summed E-state index contributed by atoms with van der Waals surface area (Å²) in [6.07, 6.45) is 3.88. The molecule has 0 fully saturated rings. The molecule has 3 aromatic carbocycles. The summed E-state index contributed by atoms with van der Waals surface area (Å²) >= 11 is 0. The topological polar surface area (TPSA) is 43.4 Å². The van der Waals surface area contributed by atoms with Gasteiger partial charge < -0.3 is 4.74 Å². The highest BCUT2D eigenvalue weighted by atomic mass is 31.2. The first-order valence-corrected chi connectivity index (χ1v) is 14.0. The van der Waals surface area contributed by atoms with Crippen LogP contribution in [0.2, 0.25) is 0 Å². The molecule has 3 aromatic rings. The lowest BCUT2D eigenvalue weighted by Gasteiger charge is -2.32. The average molecular weight is 475 g/mol. The number of ether oxygens (including phenoxy) is 1. The number of unbranched alkanes of at least 4 members (excludes halogenated alkanes) is 2. The van der Waals surface area contributed by atoms with Crippen molar-refractivity contribution in [3.63, 3.8) is 0 Å². The zero-order valence-corrected chi connectivity index (χ0v) is 21.3. The van der Waals surface area contributed by atoms with Crippen molar-refractivity contribution in [1.29, 1.82) is 0 Å². The lowest BCUT2D eigenvalue weighted by molar-refractivity contribution is -0.135. The van der Waals surface area contributed by atoms with Crippen molar-refractivity contribution in [3.8, 4) is 0 Å². The molecule has 0 aliphatic rings. The number of rotatable bonds is 11. The Kier molecular flexibility index (Phi) is 9.48. The third kappa shape index (κ3) is 5.42. The van der Waals surface area contributed by atoms with Gasteiger partial charge in [0.25, 0.3) is 0 Å². The standard InChI is InChI=1S/C30H35O3P/c1-4-6-10-17-24(3)28(31)29(30(32)33-5-2)34(25-18-11-7-12-19-25,26-20-13-8-14-21-26)27-22-15-9-16-23-27/h7-9,11-16,18-24H,4-6,10,17H2,1-3H3. The van der Waals surface area contributed by atoms with Gasteiger partial charge in [-0.05, 0) is 36.1 Å². The van der Waals surface area contributed by atoms with Gasteiger partial charge in [-0.2, -0.15) is 0 Å². The Morgan fingerprint density at radius 1 is 0.735 bits per heavy atom. The lowest BCUT2D eigenvalue weighted by atomic mass is 9.97. The summed E-state index contributed by atoms with van der Waals surface area (Å²) in [5, 5.41) is 3.22. The van der Waals surface area contributed by atoms with Crippen LogP contribution in [-0.4, -0.2) is 23.7 Å². The summed E-state index contributed by atoms with van der Waals surface area (Å²) in [7, 11) is 0. The van der Waals surface area contributed by atoms with Crippen LogP contribution in [0.15, 0.2) is 91.0 Å². The molecule has 1 atom stereocenters. The first-order valence-electron chi connectivity index (χ1n) is 12.2. The number of esters is 1. The second-order valence-electron chi connectivity index (χ2n) is 8.51. The SMILES string of the molecule is CCCCCC(C)C(=O)C(C(=O)OCC)=P(c1ccccc1)(c1ccccc1)c1ccccc1. The minimum absolute atomic E-state index is 0.0977. The van der Waals surface area contributed by atoms with Gasteiger partial charge in [0.05, 0.1) is 6.61 Å². The van der Waals surface area contributed by atoms with Gasteiger partial charge in [0, 0.05) is 5.92 Å². The zero-order chi connectivity index (χ0) is 24.4. The van der Waals surface area contributed by atoms with E-state index < -0.39 is 12.9 Å². The Balaban J connectivity index is 2.47. The van der Waals surface area contributed by atoms with E-state index in [-0.39, 0.29) is 18.3 Å². The van der Waals surface area contributed by atoms with Gasteiger partial charge in [0.15, 0.2) is 5.78 Å². The fourth-order valence-electron chi connectivity index (χ4n) is 4.46. The van der Waals surface area contributed by atoms with Crippen molar-refractivity contribution in [2.24, 2.45) is 5.92 Å². The fraction of sp³-hybridized carbons (Fsp3) is 0.300. The Bertz CT molecular complexity index is 1020. The van der Waals surface area contributed by atoms with Crippen molar-refractivity contribution in [1.82, 2.24) is 0 Å². The third-order valence-electron chi connectivity index (χ3n) is 6.16. The summed E-state index contributed by atoms with van der Waals surface area (Å²) in [4.78, 5) is 27.9. The summed E-state index contributed by atoms with van der Waals surface area (Å²) in [6.45, 7) is 3.31. The van der Waals surface area contributed by atoms with Crippen molar-refractivity contribution in [2.75, 3.05) is 6.61 Å². The molecule has 3 rings (SSSR count). The van der Waals surface area contributed by atoms with E-state index in [1.165, 1.54) is 0 Å². The average Bonchev–Trinajstić information content (AvgIpc) is 2.88. The van der Waals surface area contributed by atoms with E-state index in [4.69, 9.17) is 4.74 Å². The van der Waals surface area contributed by atoms with Gasteiger partial charge in [0.1, 0.15) is 5.29 Å². The van der Waals surface area contributed by atoms with E-state index in [0.29, 0.717) is 5.29 Å². The number of carbonyl (C=O) groups excluding carboxylic acids is 2. The molecule has 34 heavy (non-hydrogen) atoms. The molecular weight excluding hydrogens is 439 g/mol. The van der Waals surface area contributed by atoms with E-state index in [0.717, 1.165) is 41.6 Å². The number of carbonyl (C=O) groups is 2.